The summed E-state index contributed by atoms with van der Waals surface area (Å²) in [4.78, 5) is 21.9. The Morgan fingerprint density at radius 2 is 2.00 bits per heavy atom. The van der Waals surface area contributed by atoms with Crippen molar-refractivity contribution in [2.24, 2.45) is 5.41 Å². The summed E-state index contributed by atoms with van der Waals surface area (Å²) in [7, 11) is 0. The van der Waals surface area contributed by atoms with Gasteiger partial charge in [-0.3, -0.25) is 9.59 Å². The monoisotopic (exact) mass is 202 g/mol. The Morgan fingerprint density at radius 1 is 1.43 bits per heavy atom. The van der Waals surface area contributed by atoms with Gasteiger partial charge < -0.3 is 9.47 Å². The molecule has 0 amide bonds. The number of esters is 1. The topological polar surface area (TPSA) is 52.6 Å². The molecule has 0 saturated carbocycles. The van der Waals surface area contributed by atoms with Gasteiger partial charge >= 0.3 is 5.97 Å². The predicted molar refractivity (Wildman–Crippen MR) is 51.9 cm³/mol. The summed E-state index contributed by atoms with van der Waals surface area (Å²) in [5, 5.41) is 0. The second kappa shape index (κ2) is 5.75. The first kappa shape index (κ1) is 13.1. The molecule has 0 saturated heterocycles. The molecular formula is C10H18O4. The average Bonchev–Trinajstić information content (AvgIpc) is 2.10. The molecule has 0 unspecified atom stereocenters. The lowest BCUT2D eigenvalue weighted by Crippen LogP contribution is -2.31. The second-order valence-electron chi connectivity index (χ2n) is 3.99. The van der Waals surface area contributed by atoms with E-state index < -0.39 is 17.5 Å². The number of rotatable bonds is 5. The van der Waals surface area contributed by atoms with Crippen LogP contribution in [0.1, 0.15) is 27.7 Å². The van der Waals surface area contributed by atoms with Gasteiger partial charge in [-0.1, -0.05) is 0 Å². The second-order valence-corrected chi connectivity index (χ2v) is 3.99. The van der Waals surface area contributed by atoms with E-state index in [1.165, 1.54) is 0 Å². The molecule has 4 heteroatoms. The van der Waals surface area contributed by atoms with E-state index in [1.807, 2.05) is 6.92 Å². The standard InChI is InChI=1S/C10H18O4/c1-5-13-7-8(6-11)14-9(12)10(2,3)4/h6,8H,5,7H2,1-4H3/t8-/m1/s1. The molecule has 4 nitrogen and oxygen atoms in total. The van der Waals surface area contributed by atoms with Crippen LogP contribution in [0.3, 0.4) is 0 Å². The van der Waals surface area contributed by atoms with Crippen LogP contribution >= 0.6 is 0 Å². The predicted octanol–water partition coefficient (Wildman–Crippen LogP) is 1.18. The van der Waals surface area contributed by atoms with E-state index in [1.54, 1.807) is 20.8 Å². The fraction of sp³-hybridized carbons (Fsp3) is 0.800. The molecule has 1 atom stereocenters. The summed E-state index contributed by atoms with van der Waals surface area (Å²) in [5.74, 6) is -0.394. The van der Waals surface area contributed by atoms with E-state index in [0.29, 0.717) is 12.9 Å². The summed E-state index contributed by atoms with van der Waals surface area (Å²) in [6, 6.07) is 0. The first-order valence-electron chi connectivity index (χ1n) is 4.66. The Bertz CT molecular complexity index is 193. The van der Waals surface area contributed by atoms with E-state index >= 15 is 0 Å². The van der Waals surface area contributed by atoms with Crippen LogP contribution in [0.2, 0.25) is 0 Å². The molecule has 0 aliphatic carbocycles. The van der Waals surface area contributed by atoms with Gasteiger partial charge in [0.2, 0.25) is 0 Å². The molecule has 0 N–H and O–H groups in total. The zero-order valence-electron chi connectivity index (χ0n) is 9.20. The van der Waals surface area contributed by atoms with Gasteiger partial charge in [0.15, 0.2) is 12.4 Å². The van der Waals surface area contributed by atoms with E-state index in [0.717, 1.165) is 0 Å². The largest absolute Gasteiger partial charge is 0.452 e. The Kier molecular flexibility index (Phi) is 5.38. The Morgan fingerprint density at radius 3 is 2.36 bits per heavy atom. The van der Waals surface area contributed by atoms with Crippen molar-refractivity contribution in [3.8, 4) is 0 Å². The van der Waals surface area contributed by atoms with Crippen molar-refractivity contribution in [3.05, 3.63) is 0 Å². The molecule has 0 aliphatic heterocycles. The number of aldehydes is 1. The number of ether oxygens (including phenoxy) is 2. The highest BCUT2D eigenvalue weighted by atomic mass is 16.6. The van der Waals surface area contributed by atoms with Gasteiger partial charge in [0.25, 0.3) is 0 Å². The van der Waals surface area contributed by atoms with Gasteiger partial charge in [0.1, 0.15) is 0 Å². The van der Waals surface area contributed by atoms with Crippen molar-refractivity contribution in [1.82, 2.24) is 0 Å². The molecule has 0 aromatic heterocycles. The summed E-state index contributed by atoms with van der Waals surface area (Å²) in [5.41, 5.74) is -0.590. The fourth-order valence-electron chi connectivity index (χ4n) is 0.649. The lowest BCUT2D eigenvalue weighted by Gasteiger charge is -2.19. The number of carbonyl (C=O) groups is 2. The molecule has 0 spiro atoms. The van der Waals surface area contributed by atoms with Crippen LogP contribution in [0, 0.1) is 5.41 Å². The molecule has 0 heterocycles. The molecule has 0 aromatic rings. The summed E-state index contributed by atoms with van der Waals surface area (Å²) >= 11 is 0. The first-order chi connectivity index (χ1) is 6.41. The lowest BCUT2D eigenvalue weighted by atomic mass is 9.97. The molecule has 14 heavy (non-hydrogen) atoms. The Balaban J connectivity index is 4.05. The minimum Gasteiger partial charge on any atom is -0.452 e. The van der Waals surface area contributed by atoms with Crippen LogP contribution in [0.4, 0.5) is 0 Å². The average molecular weight is 202 g/mol. The highest BCUT2D eigenvalue weighted by Gasteiger charge is 2.26. The van der Waals surface area contributed by atoms with Gasteiger partial charge in [-0.2, -0.15) is 0 Å². The maximum absolute atomic E-state index is 11.4. The Labute approximate surface area is 84.6 Å². The van der Waals surface area contributed by atoms with Crippen LogP contribution in [0.25, 0.3) is 0 Å². The third-order valence-corrected chi connectivity index (χ3v) is 1.51. The number of hydrogen-bond donors (Lipinski definition) is 0. The van der Waals surface area contributed by atoms with Crippen LogP contribution in [0.5, 0.6) is 0 Å². The summed E-state index contributed by atoms with van der Waals surface area (Å²) in [6.45, 7) is 7.64. The Hall–Kier alpha value is -0.900. The van der Waals surface area contributed by atoms with Crippen molar-refractivity contribution in [2.45, 2.75) is 33.8 Å². The van der Waals surface area contributed by atoms with Gasteiger partial charge in [-0.15, -0.1) is 0 Å². The van der Waals surface area contributed by atoms with Crippen LogP contribution in [-0.2, 0) is 19.1 Å². The van der Waals surface area contributed by atoms with E-state index in [4.69, 9.17) is 9.47 Å². The smallest absolute Gasteiger partial charge is 0.312 e. The van der Waals surface area contributed by atoms with Crippen molar-refractivity contribution < 1.29 is 19.1 Å². The molecule has 0 aromatic carbocycles. The minimum absolute atomic E-state index is 0.127. The van der Waals surface area contributed by atoms with Gasteiger partial charge in [-0.25, -0.2) is 0 Å². The highest BCUT2D eigenvalue weighted by molar-refractivity contribution is 5.77. The van der Waals surface area contributed by atoms with Gasteiger partial charge in [0, 0.05) is 6.61 Å². The zero-order chi connectivity index (χ0) is 11.2. The number of hydrogen-bond acceptors (Lipinski definition) is 4. The third kappa shape index (κ3) is 4.97. The van der Waals surface area contributed by atoms with Crippen LogP contribution < -0.4 is 0 Å². The van der Waals surface area contributed by atoms with Crippen molar-refractivity contribution in [1.29, 1.82) is 0 Å². The van der Waals surface area contributed by atoms with Crippen molar-refractivity contribution >= 4 is 12.3 Å². The summed E-state index contributed by atoms with van der Waals surface area (Å²) in [6.07, 6.45) is -0.207. The SMILES string of the molecule is CCOC[C@@H](C=O)OC(=O)C(C)(C)C. The van der Waals surface area contributed by atoms with Crippen molar-refractivity contribution in [3.63, 3.8) is 0 Å². The quantitative estimate of drug-likeness (QED) is 0.496. The molecule has 0 bridgehead atoms. The van der Waals surface area contributed by atoms with Gasteiger partial charge in [-0.05, 0) is 27.7 Å². The number of carbonyl (C=O) groups excluding carboxylic acids is 2. The van der Waals surface area contributed by atoms with E-state index in [2.05, 4.69) is 0 Å². The summed E-state index contributed by atoms with van der Waals surface area (Å²) < 4.78 is 9.93. The fourth-order valence-corrected chi connectivity index (χ4v) is 0.649. The first-order valence-corrected chi connectivity index (χ1v) is 4.66. The van der Waals surface area contributed by atoms with E-state index in [9.17, 15) is 9.59 Å². The van der Waals surface area contributed by atoms with Crippen molar-refractivity contribution in [2.75, 3.05) is 13.2 Å². The van der Waals surface area contributed by atoms with E-state index in [-0.39, 0.29) is 6.61 Å². The highest BCUT2D eigenvalue weighted by Crippen LogP contribution is 2.16. The normalized spacial score (nSPS) is 13.4. The van der Waals surface area contributed by atoms with Crippen LogP contribution in [-0.4, -0.2) is 31.6 Å². The third-order valence-electron chi connectivity index (χ3n) is 1.51. The lowest BCUT2D eigenvalue weighted by molar-refractivity contribution is -0.163. The van der Waals surface area contributed by atoms with Gasteiger partial charge in [0.05, 0.1) is 12.0 Å². The minimum atomic E-state index is -0.790. The maximum atomic E-state index is 11.4. The molecule has 0 aliphatic rings. The molecule has 0 fully saturated rings. The molecule has 0 rings (SSSR count). The molecular weight excluding hydrogens is 184 g/mol. The molecule has 0 radical (unpaired) electrons. The van der Waals surface area contributed by atoms with Crippen LogP contribution in [0.15, 0.2) is 0 Å². The molecule has 82 valence electrons. The zero-order valence-corrected chi connectivity index (χ0v) is 9.20. The maximum Gasteiger partial charge on any atom is 0.312 e.